The van der Waals surface area contributed by atoms with Gasteiger partial charge in [0, 0.05) is 30.9 Å². The molecule has 22 heavy (non-hydrogen) atoms. The molecule has 0 bridgehead atoms. The van der Waals surface area contributed by atoms with Crippen LogP contribution in [-0.4, -0.2) is 32.1 Å². The molecule has 116 valence electrons. The van der Waals surface area contributed by atoms with Crippen LogP contribution in [-0.2, 0) is 0 Å². The van der Waals surface area contributed by atoms with Crippen LogP contribution in [0.15, 0.2) is 42.5 Å². The van der Waals surface area contributed by atoms with Crippen LogP contribution < -0.4 is 14.8 Å². The third kappa shape index (κ3) is 4.05. The molecule has 0 heterocycles. The molecule has 2 aromatic carbocycles. The van der Waals surface area contributed by atoms with Gasteiger partial charge in [0.25, 0.3) is 0 Å². The van der Waals surface area contributed by atoms with Crippen molar-refractivity contribution in [2.75, 3.05) is 26.5 Å². The Hall–Kier alpha value is -2.40. The van der Waals surface area contributed by atoms with Gasteiger partial charge in [-0.25, -0.2) is 4.79 Å². The lowest BCUT2D eigenvalue weighted by atomic mass is 10.3. The molecule has 0 aliphatic rings. The molecule has 2 rings (SSSR count). The maximum atomic E-state index is 11.6. The van der Waals surface area contributed by atoms with Crippen molar-refractivity contribution in [2.24, 2.45) is 0 Å². The predicted octanol–water partition coefficient (Wildman–Crippen LogP) is 4.23. The van der Waals surface area contributed by atoms with E-state index in [-0.39, 0.29) is 6.03 Å². The summed E-state index contributed by atoms with van der Waals surface area (Å²) in [6.07, 6.45) is 0. The summed E-state index contributed by atoms with van der Waals surface area (Å²) < 4.78 is 11.0. The number of urea groups is 1. The number of anilines is 1. The molecule has 1 N–H and O–H groups in total. The molecule has 0 saturated carbocycles. The first-order valence-electron chi connectivity index (χ1n) is 6.59. The molecule has 6 heteroatoms. The molecular weight excluding hydrogens is 304 g/mol. The summed E-state index contributed by atoms with van der Waals surface area (Å²) in [6, 6.07) is 12.0. The highest BCUT2D eigenvalue weighted by Crippen LogP contribution is 2.33. The van der Waals surface area contributed by atoms with Gasteiger partial charge in [0.2, 0.25) is 0 Å². The fourth-order valence-electron chi connectivity index (χ4n) is 1.69. The van der Waals surface area contributed by atoms with Crippen LogP contribution in [0.5, 0.6) is 17.2 Å². The Bertz CT molecular complexity index is 657. The molecule has 0 radical (unpaired) electrons. The molecule has 0 saturated heterocycles. The molecule has 0 unspecified atom stereocenters. The number of halogens is 1. The van der Waals surface area contributed by atoms with Gasteiger partial charge >= 0.3 is 6.03 Å². The Morgan fingerprint density at radius 2 is 1.77 bits per heavy atom. The molecule has 0 atom stereocenters. The van der Waals surface area contributed by atoms with Crippen LogP contribution in [0.3, 0.4) is 0 Å². The van der Waals surface area contributed by atoms with E-state index in [9.17, 15) is 4.79 Å². The minimum Gasteiger partial charge on any atom is -0.493 e. The van der Waals surface area contributed by atoms with Crippen molar-refractivity contribution in [3.63, 3.8) is 0 Å². The van der Waals surface area contributed by atoms with E-state index >= 15 is 0 Å². The first-order chi connectivity index (χ1) is 10.5. The number of benzene rings is 2. The largest absolute Gasteiger partial charge is 0.493 e. The number of hydrogen-bond acceptors (Lipinski definition) is 3. The van der Waals surface area contributed by atoms with Crippen molar-refractivity contribution < 1.29 is 14.3 Å². The second-order valence-electron chi connectivity index (χ2n) is 4.75. The second kappa shape index (κ2) is 7.04. The van der Waals surface area contributed by atoms with Gasteiger partial charge < -0.3 is 19.7 Å². The third-order valence-electron chi connectivity index (χ3n) is 2.87. The minimum absolute atomic E-state index is 0.187. The normalized spacial score (nSPS) is 10.0. The monoisotopic (exact) mass is 320 g/mol. The van der Waals surface area contributed by atoms with E-state index in [4.69, 9.17) is 21.1 Å². The highest BCUT2D eigenvalue weighted by atomic mass is 35.5. The van der Waals surface area contributed by atoms with Crippen LogP contribution in [0.1, 0.15) is 0 Å². The molecule has 0 aliphatic carbocycles. The fourth-order valence-corrected chi connectivity index (χ4v) is 1.86. The number of nitrogens with zero attached hydrogens (tertiary/aromatic N) is 1. The summed E-state index contributed by atoms with van der Waals surface area (Å²) in [5.74, 6) is 1.75. The quantitative estimate of drug-likeness (QED) is 0.917. The topological polar surface area (TPSA) is 50.8 Å². The smallest absolute Gasteiger partial charge is 0.321 e. The van der Waals surface area contributed by atoms with Gasteiger partial charge in [0.15, 0.2) is 11.5 Å². The predicted molar refractivity (Wildman–Crippen MR) is 87.2 cm³/mol. The van der Waals surface area contributed by atoms with E-state index in [1.165, 1.54) is 4.90 Å². The maximum Gasteiger partial charge on any atom is 0.321 e. The van der Waals surface area contributed by atoms with E-state index in [0.29, 0.717) is 28.0 Å². The van der Waals surface area contributed by atoms with Gasteiger partial charge in [0.05, 0.1) is 7.11 Å². The number of methoxy groups -OCH3 is 1. The summed E-state index contributed by atoms with van der Waals surface area (Å²) in [4.78, 5) is 13.0. The third-order valence-corrected chi connectivity index (χ3v) is 3.10. The summed E-state index contributed by atoms with van der Waals surface area (Å²) >= 11 is 5.91. The Morgan fingerprint density at radius 1 is 1.09 bits per heavy atom. The van der Waals surface area contributed by atoms with Crippen LogP contribution in [0.25, 0.3) is 0 Å². The first-order valence-corrected chi connectivity index (χ1v) is 6.97. The van der Waals surface area contributed by atoms with E-state index < -0.39 is 0 Å². The lowest BCUT2D eigenvalue weighted by molar-refractivity contribution is 0.230. The zero-order valence-corrected chi connectivity index (χ0v) is 13.3. The molecule has 5 nitrogen and oxygen atoms in total. The maximum absolute atomic E-state index is 11.6. The summed E-state index contributed by atoms with van der Waals surface area (Å²) in [6.45, 7) is 0. The highest BCUT2D eigenvalue weighted by molar-refractivity contribution is 6.30. The van der Waals surface area contributed by atoms with E-state index in [1.807, 2.05) is 0 Å². The van der Waals surface area contributed by atoms with Crippen LogP contribution in [0.2, 0.25) is 5.02 Å². The average Bonchev–Trinajstić information content (AvgIpc) is 2.50. The van der Waals surface area contributed by atoms with Crippen LogP contribution in [0, 0.1) is 0 Å². The summed E-state index contributed by atoms with van der Waals surface area (Å²) in [5.41, 5.74) is 0.689. The van der Waals surface area contributed by atoms with Crippen LogP contribution >= 0.6 is 11.6 Å². The van der Waals surface area contributed by atoms with E-state index in [0.717, 1.165) is 0 Å². The van der Waals surface area contributed by atoms with Gasteiger partial charge in [-0.3, -0.25) is 0 Å². The molecule has 2 aromatic rings. The molecule has 0 aromatic heterocycles. The lowest BCUT2D eigenvalue weighted by Crippen LogP contribution is -2.27. The Balaban J connectivity index is 2.10. The Kier molecular flexibility index (Phi) is 5.12. The van der Waals surface area contributed by atoms with Gasteiger partial charge in [-0.2, -0.15) is 0 Å². The molecule has 0 aliphatic heterocycles. The molecular formula is C16H17ClN2O3. The second-order valence-corrected chi connectivity index (χ2v) is 5.18. The summed E-state index contributed by atoms with van der Waals surface area (Å²) in [7, 11) is 4.91. The SMILES string of the molecule is COc1cc(Cl)ccc1Oc1ccc(NC(=O)N(C)C)cc1. The van der Waals surface area contributed by atoms with E-state index in [2.05, 4.69) is 5.32 Å². The fraction of sp³-hybridized carbons (Fsp3) is 0.188. The number of nitrogens with one attached hydrogen (secondary N) is 1. The van der Waals surface area contributed by atoms with Gasteiger partial charge in [-0.05, 0) is 36.4 Å². The zero-order valence-electron chi connectivity index (χ0n) is 12.6. The number of carbonyl (C=O) groups is 1. The number of amides is 2. The van der Waals surface area contributed by atoms with Gasteiger partial charge in [0.1, 0.15) is 5.75 Å². The van der Waals surface area contributed by atoms with Crippen molar-refractivity contribution in [2.45, 2.75) is 0 Å². The standard InChI is InChI=1S/C16H17ClN2O3/c1-19(2)16(20)18-12-5-7-13(8-6-12)22-14-9-4-11(17)10-15(14)21-3/h4-10H,1-3H3,(H,18,20). The number of rotatable bonds is 4. The Labute approximate surface area is 134 Å². The zero-order chi connectivity index (χ0) is 16.1. The number of hydrogen-bond donors (Lipinski definition) is 1. The number of carbonyl (C=O) groups excluding carboxylic acids is 1. The van der Waals surface area contributed by atoms with Crippen molar-refractivity contribution in [3.8, 4) is 17.2 Å². The van der Waals surface area contributed by atoms with Crippen LogP contribution in [0.4, 0.5) is 10.5 Å². The van der Waals surface area contributed by atoms with Gasteiger partial charge in [-0.15, -0.1) is 0 Å². The van der Waals surface area contributed by atoms with Gasteiger partial charge in [-0.1, -0.05) is 11.6 Å². The van der Waals surface area contributed by atoms with E-state index in [1.54, 1.807) is 63.7 Å². The number of ether oxygens (including phenoxy) is 2. The molecule has 0 spiro atoms. The minimum atomic E-state index is -0.187. The molecule has 0 fully saturated rings. The summed E-state index contributed by atoms with van der Waals surface area (Å²) in [5, 5.41) is 3.33. The molecule has 2 amide bonds. The van der Waals surface area contributed by atoms with Crippen molar-refractivity contribution in [1.82, 2.24) is 4.90 Å². The lowest BCUT2D eigenvalue weighted by Gasteiger charge is -2.13. The highest BCUT2D eigenvalue weighted by Gasteiger charge is 2.07. The average molecular weight is 321 g/mol. The van der Waals surface area contributed by atoms with Crippen molar-refractivity contribution >= 4 is 23.3 Å². The van der Waals surface area contributed by atoms with Crippen molar-refractivity contribution in [3.05, 3.63) is 47.5 Å². The Morgan fingerprint density at radius 3 is 2.36 bits per heavy atom. The first kappa shape index (κ1) is 16.0. The van der Waals surface area contributed by atoms with Crippen molar-refractivity contribution in [1.29, 1.82) is 0 Å².